The first-order valence-corrected chi connectivity index (χ1v) is 6.67. The molecule has 3 rings (SSSR count). The summed E-state index contributed by atoms with van der Waals surface area (Å²) >= 11 is 5.87. The number of nitrogens with one attached hydrogen (secondary N) is 1. The Bertz CT molecular complexity index is 599. The fraction of sp³-hybridized carbons (Fsp3) is 0.500. The van der Waals surface area contributed by atoms with Crippen LogP contribution in [0.15, 0.2) is 12.3 Å². The standard InChI is InChI=1S/C12H15ClFN5/c1-18-5-2-3-8(7-18)15-12-17-16-11(13)10-9(14)4-6-19(10)12/h4,6,8H,2-3,5,7H2,1H3,(H,15,17)/t8-/m1/s1. The lowest BCUT2D eigenvalue weighted by atomic mass is 10.1. The van der Waals surface area contributed by atoms with Crippen molar-refractivity contribution in [3.63, 3.8) is 0 Å². The number of aromatic nitrogens is 3. The van der Waals surface area contributed by atoms with Crippen LogP contribution in [-0.2, 0) is 0 Å². The van der Waals surface area contributed by atoms with E-state index in [1.54, 1.807) is 10.6 Å². The number of halogens is 2. The molecule has 0 radical (unpaired) electrons. The van der Waals surface area contributed by atoms with Crippen LogP contribution in [0, 0.1) is 5.82 Å². The summed E-state index contributed by atoms with van der Waals surface area (Å²) < 4.78 is 15.2. The van der Waals surface area contributed by atoms with Crippen LogP contribution in [0.1, 0.15) is 12.8 Å². The fourth-order valence-electron chi connectivity index (χ4n) is 2.53. The molecule has 1 atom stereocenters. The molecule has 0 saturated carbocycles. The maximum absolute atomic E-state index is 13.6. The predicted molar refractivity (Wildman–Crippen MR) is 72.1 cm³/mol. The largest absolute Gasteiger partial charge is 0.350 e. The first-order valence-electron chi connectivity index (χ1n) is 6.29. The lowest BCUT2D eigenvalue weighted by Gasteiger charge is -2.30. The van der Waals surface area contributed by atoms with Gasteiger partial charge in [0.05, 0.1) is 0 Å². The van der Waals surface area contributed by atoms with Crippen molar-refractivity contribution >= 4 is 23.1 Å². The quantitative estimate of drug-likeness (QED) is 0.916. The average Bonchev–Trinajstić information content (AvgIpc) is 2.76. The Morgan fingerprint density at radius 2 is 2.32 bits per heavy atom. The van der Waals surface area contributed by atoms with Crippen LogP contribution < -0.4 is 5.32 Å². The Balaban J connectivity index is 1.91. The Morgan fingerprint density at radius 1 is 1.47 bits per heavy atom. The molecule has 0 aliphatic carbocycles. The maximum Gasteiger partial charge on any atom is 0.228 e. The first-order chi connectivity index (χ1) is 9.15. The Labute approximate surface area is 115 Å². The molecule has 0 bridgehead atoms. The van der Waals surface area contributed by atoms with Gasteiger partial charge in [0.1, 0.15) is 5.52 Å². The van der Waals surface area contributed by atoms with E-state index in [1.165, 1.54) is 6.07 Å². The van der Waals surface area contributed by atoms with E-state index in [1.807, 2.05) is 0 Å². The van der Waals surface area contributed by atoms with Gasteiger partial charge in [-0.15, -0.1) is 10.2 Å². The van der Waals surface area contributed by atoms with E-state index in [0.717, 1.165) is 25.9 Å². The second-order valence-electron chi connectivity index (χ2n) is 4.94. The topological polar surface area (TPSA) is 45.5 Å². The molecule has 1 N–H and O–H groups in total. The summed E-state index contributed by atoms with van der Waals surface area (Å²) in [5.74, 6) is 0.146. The molecule has 1 aliphatic rings. The zero-order valence-corrected chi connectivity index (χ0v) is 11.4. The number of fused-ring (bicyclic) bond motifs is 1. The smallest absolute Gasteiger partial charge is 0.228 e. The van der Waals surface area contributed by atoms with Crippen LogP contribution in [-0.4, -0.2) is 45.7 Å². The van der Waals surface area contributed by atoms with Crippen molar-refractivity contribution in [2.24, 2.45) is 0 Å². The fourth-order valence-corrected chi connectivity index (χ4v) is 2.75. The van der Waals surface area contributed by atoms with Crippen molar-refractivity contribution in [3.05, 3.63) is 23.2 Å². The molecule has 0 amide bonds. The summed E-state index contributed by atoms with van der Waals surface area (Å²) in [4.78, 5) is 2.26. The van der Waals surface area contributed by atoms with Crippen molar-refractivity contribution in [2.45, 2.75) is 18.9 Å². The van der Waals surface area contributed by atoms with Gasteiger partial charge in [0, 0.05) is 18.8 Å². The zero-order chi connectivity index (χ0) is 13.4. The number of likely N-dealkylation sites (N-methyl/N-ethyl adjacent to an activating group) is 1. The highest BCUT2D eigenvalue weighted by Crippen LogP contribution is 2.22. The van der Waals surface area contributed by atoms with Gasteiger partial charge < -0.3 is 10.2 Å². The summed E-state index contributed by atoms with van der Waals surface area (Å²) in [7, 11) is 2.09. The average molecular weight is 284 g/mol. The molecule has 5 nitrogen and oxygen atoms in total. The molecule has 102 valence electrons. The summed E-state index contributed by atoms with van der Waals surface area (Å²) in [6, 6.07) is 1.66. The molecule has 0 aromatic carbocycles. The van der Waals surface area contributed by atoms with Gasteiger partial charge in [0.25, 0.3) is 0 Å². The van der Waals surface area contributed by atoms with Crippen molar-refractivity contribution in [1.82, 2.24) is 19.5 Å². The van der Waals surface area contributed by atoms with Crippen molar-refractivity contribution < 1.29 is 4.39 Å². The third kappa shape index (κ3) is 2.37. The van der Waals surface area contributed by atoms with Crippen LogP contribution in [0.5, 0.6) is 0 Å². The number of likely N-dealkylation sites (tertiary alicyclic amines) is 1. The minimum absolute atomic E-state index is 0.0776. The lowest BCUT2D eigenvalue weighted by Crippen LogP contribution is -2.40. The first kappa shape index (κ1) is 12.6. The monoisotopic (exact) mass is 283 g/mol. The highest BCUT2D eigenvalue weighted by atomic mass is 35.5. The van der Waals surface area contributed by atoms with E-state index < -0.39 is 0 Å². The van der Waals surface area contributed by atoms with Crippen molar-refractivity contribution in [1.29, 1.82) is 0 Å². The van der Waals surface area contributed by atoms with E-state index in [9.17, 15) is 4.39 Å². The van der Waals surface area contributed by atoms with Gasteiger partial charge in [-0.3, -0.25) is 4.40 Å². The molecule has 7 heteroatoms. The van der Waals surface area contributed by atoms with Gasteiger partial charge >= 0.3 is 0 Å². The maximum atomic E-state index is 13.6. The van der Waals surface area contributed by atoms with Crippen LogP contribution in [0.2, 0.25) is 5.15 Å². The SMILES string of the molecule is CN1CCC[C@@H](Nc2nnc(Cl)c3c(F)ccn23)C1. The van der Waals surface area contributed by atoms with Gasteiger partial charge in [-0.25, -0.2) is 4.39 Å². The normalized spacial score (nSPS) is 20.9. The third-order valence-electron chi connectivity index (χ3n) is 3.45. The molecule has 0 unspecified atom stereocenters. The van der Waals surface area contributed by atoms with E-state index in [-0.39, 0.29) is 16.5 Å². The summed E-state index contributed by atoms with van der Waals surface area (Å²) in [5, 5.41) is 11.2. The minimum Gasteiger partial charge on any atom is -0.350 e. The van der Waals surface area contributed by atoms with Crippen LogP contribution in [0.25, 0.3) is 5.52 Å². The molecule has 1 saturated heterocycles. The predicted octanol–water partition coefficient (Wildman–Crippen LogP) is 2.03. The molecular weight excluding hydrogens is 269 g/mol. The van der Waals surface area contributed by atoms with Crippen LogP contribution >= 0.6 is 11.6 Å². The number of nitrogens with zero attached hydrogens (tertiary/aromatic N) is 4. The molecule has 1 aliphatic heterocycles. The molecule has 3 heterocycles. The summed E-state index contributed by atoms with van der Waals surface area (Å²) in [6.07, 6.45) is 3.82. The van der Waals surface area contributed by atoms with E-state index in [2.05, 4.69) is 27.5 Å². The van der Waals surface area contributed by atoms with Gasteiger partial charge in [-0.1, -0.05) is 11.6 Å². The minimum atomic E-state index is -0.385. The van der Waals surface area contributed by atoms with Gasteiger partial charge in [0.2, 0.25) is 5.95 Å². The Hall–Kier alpha value is -1.40. The molecule has 19 heavy (non-hydrogen) atoms. The summed E-state index contributed by atoms with van der Waals surface area (Å²) in [6.45, 7) is 2.05. The highest BCUT2D eigenvalue weighted by molar-refractivity contribution is 6.32. The number of hydrogen-bond donors (Lipinski definition) is 1. The van der Waals surface area contributed by atoms with Gasteiger partial charge in [0.15, 0.2) is 11.0 Å². The molecule has 1 fully saturated rings. The second-order valence-corrected chi connectivity index (χ2v) is 5.30. The number of rotatable bonds is 2. The van der Waals surface area contributed by atoms with Crippen molar-refractivity contribution in [2.75, 3.05) is 25.5 Å². The Kier molecular flexibility index (Phi) is 3.28. The lowest BCUT2D eigenvalue weighted by molar-refractivity contribution is 0.260. The zero-order valence-electron chi connectivity index (χ0n) is 10.6. The van der Waals surface area contributed by atoms with Gasteiger partial charge in [-0.05, 0) is 32.5 Å². The molecule has 2 aromatic rings. The Morgan fingerprint density at radius 3 is 3.11 bits per heavy atom. The van der Waals surface area contributed by atoms with Crippen LogP contribution in [0.3, 0.4) is 0 Å². The van der Waals surface area contributed by atoms with Crippen molar-refractivity contribution in [3.8, 4) is 0 Å². The summed E-state index contributed by atoms with van der Waals surface area (Å²) in [5.41, 5.74) is 0.267. The number of anilines is 1. The second kappa shape index (κ2) is 4.94. The number of piperidine rings is 1. The van der Waals surface area contributed by atoms with E-state index >= 15 is 0 Å². The molecular formula is C12H15ClFN5. The van der Waals surface area contributed by atoms with E-state index in [0.29, 0.717) is 12.0 Å². The number of hydrogen-bond acceptors (Lipinski definition) is 4. The van der Waals surface area contributed by atoms with E-state index in [4.69, 9.17) is 11.6 Å². The van der Waals surface area contributed by atoms with Gasteiger partial charge in [-0.2, -0.15) is 0 Å². The third-order valence-corrected chi connectivity index (χ3v) is 3.71. The molecule has 2 aromatic heterocycles. The molecule has 0 spiro atoms. The van der Waals surface area contributed by atoms with Crippen LogP contribution in [0.4, 0.5) is 10.3 Å². The highest BCUT2D eigenvalue weighted by Gasteiger charge is 2.19.